The van der Waals surface area contributed by atoms with Crippen LogP contribution in [-0.2, 0) is 11.3 Å². The van der Waals surface area contributed by atoms with Crippen LogP contribution in [0.2, 0.25) is 0 Å². The molecule has 0 spiro atoms. The highest BCUT2D eigenvalue weighted by molar-refractivity contribution is 5.87. The molecule has 0 aliphatic carbocycles. The molecule has 1 aliphatic heterocycles. The van der Waals surface area contributed by atoms with Crippen molar-refractivity contribution in [2.45, 2.75) is 13.5 Å². The molecule has 1 aliphatic rings. The molecule has 18 heavy (non-hydrogen) atoms. The van der Waals surface area contributed by atoms with Crippen LogP contribution in [0.15, 0.2) is 42.1 Å². The number of hydrogen-bond donors (Lipinski definition) is 0. The lowest BCUT2D eigenvalue weighted by atomic mass is 10.1. The van der Waals surface area contributed by atoms with Crippen LogP contribution in [0.1, 0.15) is 12.5 Å². The molecule has 0 N–H and O–H groups in total. The van der Waals surface area contributed by atoms with Crippen LogP contribution in [0.5, 0.6) is 0 Å². The largest absolute Gasteiger partial charge is 0.375 e. The zero-order valence-electron chi connectivity index (χ0n) is 11.1. The van der Waals surface area contributed by atoms with Crippen molar-refractivity contribution < 1.29 is 4.79 Å². The zero-order valence-corrected chi connectivity index (χ0v) is 11.1. The van der Waals surface area contributed by atoms with Crippen molar-refractivity contribution in [1.29, 1.82) is 0 Å². The van der Waals surface area contributed by atoms with Crippen LogP contribution < -0.4 is 0 Å². The van der Waals surface area contributed by atoms with Crippen molar-refractivity contribution in [2.75, 3.05) is 26.7 Å². The van der Waals surface area contributed by atoms with E-state index in [1.54, 1.807) is 13.0 Å². The van der Waals surface area contributed by atoms with Gasteiger partial charge in [-0.1, -0.05) is 30.3 Å². The van der Waals surface area contributed by atoms with Gasteiger partial charge >= 0.3 is 0 Å². The molecular formula is C15H20N2O. The molecule has 3 nitrogen and oxygen atoms in total. The van der Waals surface area contributed by atoms with E-state index >= 15 is 0 Å². The Morgan fingerprint density at radius 2 is 2.00 bits per heavy atom. The third-order valence-corrected chi connectivity index (χ3v) is 3.25. The fourth-order valence-corrected chi connectivity index (χ4v) is 2.23. The summed E-state index contributed by atoms with van der Waals surface area (Å²) in [7, 11) is 2.05. The SMILES string of the molecule is CC(=O)/C=C1\CN(Cc2ccccc2)CCN1C. The second-order valence-electron chi connectivity index (χ2n) is 4.86. The number of rotatable bonds is 3. The lowest BCUT2D eigenvalue weighted by Crippen LogP contribution is -2.42. The molecular weight excluding hydrogens is 224 g/mol. The van der Waals surface area contributed by atoms with Crippen molar-refractivity contribution in [2.24, 2.45) is 0 Å². The maximum absolute atomic E-state index is 11.2. The van der Waals surface area contributed by atoms with Crippen LogP contribution in [0.3, 0.4) is 0 Å². The first-order valence-electron chi connectivity index (χ1n) is 6.33. The van der Waals surface area contributed by atoms with Gasteiger partial charge in [0.1, 0.15) is 0 Å². The van der Waals surface area contributed by atoms with E-state index in [9.17, 15) is 4.79 Å². The maximum Gasteiger partial charge on any atom is 0.154 e. The first-order valence-corrected chi connectivity index (χ1v) is 6.33. The van der Waals surface area contributed by atoms with E-state index in [1.165, 1.54) is 5.56 Å². The summed E-state index contributed by atoms with van der Waals surface area (Å²) in [5, 5.41) is 0. The Labute approximate surface area is 109 Å². The van der Waals surface area contributed by atoms with Crippen LogP contribution in [0.4, 0.5) is 0 Å². The van der Waals surface area contributed by atoms with Gasteiger partial charge in [0.2, 0.25) is 0 Å². The van der Waals surface area contributed by atoms with E-state index < -0.39 is 0 Å². The van der Waals surface area contributed by atoms with E-state index in [0.717, 1.165) is 31.9 Å². The van der Waals surface area contributed by atoms with E-state index in [0.29, 0.717) is 0 Å². The highest BCUT2D eigenvalue weighted by Crippen LogP contribution is 2.14. The monoisotopic (exact) mass is 244 g/mol. The number of ketones is 1. The Balaban J connectivity index is 2.02. The molecule has 0 bridgehead atoms. The lowest BCUT2D eigenvalue weighted by molar-refractivity contribution is -0.112. The summed E-state index contributed by atoms with van der Waals surface area (Å²) in [5.41, 5.74) is 2.44. The number of likely N-dealkylation sites (N-methyl/N-ethyl adjacent to an activating group) is 1. The van der Waals surface area contributed by atoms with Gasteiger partial charge in [0.05, 0.1) is 0 Å². The quantitative estimate of drug-likeness (QED) is 0.759. The van der Waals surface area contributed by atoms with Gasteiger partial charge in [-0.2, -0.15) is 0 Å². The van der Waals surface area contributed by atoms with Crippen molar-refractivity contribution in [1.82, 2.24) is 9.80 Å². The molecule has 96 valence electrons. The average molecular weight is 244 g/mol. The van der Waals surface area contributed by atoms with E-state index in [1.807, 2.05) is 6.07 Å². The molecule has 0 amide bonds. The van der Waals surface area contributed by atoms with E-state index in [4.69, 9.17) is 0 Å². The molecule has 1 aromatic carbocycles. The number of carbonyl (C=O) groups is 1. The molecule has 0 atom stereocenters. The predicted octanol–water partition coefficient (Wildman–Crippen LogP) is 1.91. The van der Waals surface area contributed by atoms with Crippen molar-refractivity contribution in [3.05, 3.63) is 47.7 Å². The molecule has 1 fully saturated rings. The Morgan fingerprint density at radius 3 is 2.67 bits per heavy atom. The van der Waals surface area contributed by atoms with Crippen molar-refractivity contribution in [3.8, 4) is 0 Å². The highest BCUT2D eigenvalue weighted by atomic mass is 16.1. The zero-order chi connectivity index (χ0) is 13.0. The van der Waals surface area contributed by atoms with Crippen molar-refractivity contribution >= 4 is 5.78 Å². The molecule has 2 rings (SSSR count). The second kappa shape index (κ2) is 5.83. The van der Waals surface area contributed by atoms with Crippen LogP contribution >= 0.6 is 0 Å². The van der Waals surface area contributed by atoms with Gasteiger partial charge in [0.25, 0.3) is 0 Å². The summed E-state index contributed by atoms with van der Waals surface area (Å²) in [6, 6.07) is 10.5. The molecule has 0 aromatic heterocycles. The van der Waals surface area contributed by atoms with Gasteiger partial charge < -0.3 is 4.90 Å². The molecule has 3 heteroatoms. The van der Waals surface area contributed by atoms with Crippen LogP contribution in [0.25, 0.3) is 0 Å². The molecule has 0 radical (unpaired) electrons. The number of benzene rings is 1. The molecule has 1 saturated heterocycles. The predicted molar refractivity (Wildman–Crippen MR) is 73.1 cm³/mol. The van der Waals surface area contributed by atoms with Crippen molar-refractivity contribution in [3.63, 3.8) is 0 Å². The summed E-state index contributed by atoms with van der Waals surface area (Å²) in [5.74, 6) is 0.124. The Morgan fingerprint density at radius 1 is 1.28 bits per heavy atom. The number of carbonyl (C=O) groups excluding carboxylic acids is 1. The molecule has 0 saturated carbocycles. The minimum atomic E-state index is 0.124. The van der Waals surface area contributed by atoms with Gasteiger partial charge in [-0.3, -0.25) is 9.69 Å². The van der Waals surface area contributed by atoms with Gasteiger partial charge in [-0.15, -0.1) is 0 Å². The average Bonchev–Trinajstić information content (AvgIpc) is 2.34. The third-order valence-electron chi connectivity index (χ3n) is 3.25. The highest BCUT2D eigenvalue weighted by Gasteiger charge is 2.18. The maximum atomic E-state index is 11.2. The number of piperazine rings is 1. The fraction of sp³-hybridized carbons (Fsp3) is 0.400. The van der Waals surface area contributed by atoms with Gasteiger partial charge in [0.15, 0.2) is 5.78 Å². The standard InChI is InChI=1S/C15H20N2O/c1-13(18)10-15-12-17(9-8-16(15)2)11-14-6-4-3-5-7-14/h3-7,10H,8-9,11-12H2,1-2H3/b15-10+. The second-order valence-corrected chi connectivity index (χ2v) is 4.86. The smallest absolute Gasteiger partial charge is 0.154 e. The summed E-state index contributed by atoms with van der Waals surface area (Å²) >= 11 is 0. The lowest BCUT2D eigenvalue weighted by Gasteiger charge is -2.35. The molecule has 0 unspecified atom stereocenters. The number of hydrogen-bond acceptors (Lipinski definition) is 3. The van der Waals surface area contributed by atoms with Crippen LogP contribution in [0, 0.1) is 0 Å². The minimum absolute atomic E-state index is 0.124. The summed E-state index contributed by atoms with van der Waals surface area (Å²) in [6.07, 6.45) is 1.75. The summed E-state index contributed by atoms with van der Waals surface area (Å²) in [6.45, 7) is 5.43. The summed E-state index contributed by atoms with van der Waals surface area (Å²) < 4.78 is 0. The van der Waals surface area contributed by atoms with E-state index in [2.05, 4.69) is 41.1 Å². The normalized spacial score (nSPS) is 19.2. The first kappa shape index (κ1) is 12.8. The Hall–Kier alpha value is -1.61. The molecule has 1 aromatic rings. The third kappa shape index (κ3) is 3.44. The first-order chi connectivity index (χ1) is 8.65. The van der Waals surface area contributed by atoms with E-state index in [-0.39, 0.29) is 5.78 Å². The Bertz CT molecular complexity index is 439. The summed E-state index contributed by atoms with van der Waals surface area (Å²) in [4.78, 5) is 15.7. The number of allylic oxidation sites excluding steroid dienone is 1. The van der Waals surface area contributed by atoms with Gasteiger partial charge in [-0.25, -0.2) is 0 Å². The number of nitrogens with zero attached hydrogens (tertiary/aromatic N) is 2. The minimum Gasteiger partial charge on any atom is -0.375 e. The topological polar surface area (TPSA) is 23.6 Å². The van der Waals surface area contributed by atoms with Gasteiger partial charge in [-0.05, 0) is 12.5 Å². The van der Waals surface area contributed by atoms with Gasteiger partial charge in [0, 0.05) is 45.0 Å². The Kier molecular flexibility index (Phi) is 4.15. The van der Waals surface area contributed by atoms with Crippen LogP contribution in [-0.4, -0.2) is 42.3 Å². The molecule has 1 heterocycles. The fourth-order valence-electron chi connectivity index (χ4n) is 2.23.